The van der Waals surface area contributed by atoms with Crippen molar-refractivity contribution >= 4 is 5.91 Å². The van der Waals surface area contributed by atoms with E-state index in [1.54, 1.807) is 19.2 Å². The van der Waals surface area contributed by atoms with E-state index in [0.29, 0.717) is 43.7 Å². The molecular formula is C25H34N2O5. The number of ether oxygens (including phenoxy) is 4. The first-order valence-corrected chi connectivity index (χ1v) is 11.2. The molecule has 1 amide bonds. The van der Waals surface area contributed by atoms with Crippen LogP contribution in [0, 0.1) is 0 Å². The SMILES string of the molecule is COCCOc1ccccc1C(=O)NCc1cccc(OCCN(C)C2CCOCC2)c1. The zero-order chi connectivity index (χ0) is 22.6. The van der Waals surface area contributed by atoms with Crippen LogP contribution in [-0.2, 0) is 16.0 Å². The molecule has 174 valence electrons. The molecule has 1 aliphatic rings. The van der Waals surface area contributed by atoms with Crippen LogP contribution in [0.2, 0.25) is 0 Å². The molecule has 0 saturated carbocycles. The maximum absolute atomic E-state index is 12.7. The van der Waals surface area contributed by atoms with Gasteiger partial charge in [0, 0.05) is 39.5 Å². The molecule has 7 nitrogen and oxygen atoms in total. The van der Waals surface area contributed by atoms with Crippen LogP contribution >= 0.6 is 0 Å². The Kier molecular flexibility index (Phi) is 9.81. The molecule has 32 heavy (non-hydrogen) atoms. The van der Waals surface area contributed by atoms with Crippen molar-refractivity contribution in [1.82, 2.24) is 10.2 Å². The van der Waals surface area contributed by atoms with Gasteiger partial charge in [0.2, 0.25) is 0 Å². The van der Waals surface area contributed by atoms with Crippen LogP contribution in [0.25, 0.3) is 0 Å². The van der Waals surface area contributed by atoms with Crippen LogP contribution in [0.4, 0.5) is 0 Å². The minimum Gasteiger partial charge on any atom is -0.492 e. The summed E-state index contributed by atoms with van der Waals surface area (Å²) in [6.07, 6.45) is 2.15. The highest BCUT2D eigenvalue weighted by atomic mass is 16.5. The summed E-state index contributed by atoms with van der Waals surface area (Å²) in [4.78, 5) is 15.0. The molecule has 1 aliphatic heterocycles. The highest BCUT2D eigenvalue weighted by Crippen LogP contribution is 2.19. The summed E-state index contributed by atoms with van der Waals surface area (Å²) in [5, 5.41) is 2.96. The van der Waals surface area contributed by atoms with Crippen molar-refractivity contribution in [2.24, 2.45) is 0 Å². The minimum atomic E-state index is -0.178. The second-order valence-electron chi connectivity index (χ2n) is 7.84. The summed E-state index contributed by atoms with van der Waals surface area (Å²) in [5.41, 5.74) is 1.48. The van der Waals surface area contributed by atoms with Crippen LogP contribution < -0.4 is 14.8 Å². The average Bonchev–Trinajstić information content (AvgIpc) is 2.84. The monoisotopic (exact) mass is 442 g/mol. The molecule has 0 bridgehead atoms. The van der Waals surface area contributed by atoms with Crippen molar-refractivity contribution < 1.29 is 23.7 Å². The lowest BCUT2D eigenvalue weighted by atomic mass is 10.1. The fraction of sp³-hybridized carbons (Fsp3) is 0.480. The molecule has 7 heteroatoms. The van der Waals surface area contributed by atoms with E-state index in [4.69, 9.17) is 18.9 Å². The van der Waals surface area contributed by atoms with Crippen molar-refractivity contribution in [2.75, 3.05) is 53.7 Å². The van der Waals surface area contributed by atoms with Crippen LogP contribution in [0.3, 0.4) is 0 Å². The molecule has 2 aromatic carbocycles. The molecule has 0 atom stereocenters. The molecular weight excluding hydrogens is 408 g/mol. The molecule has 1 heterocycles. The van der Waals surface area contributed by atoms with E-state index in [9.17, 15) is 4.79 Å². The number of hydrogen-bond donors (Lipinski definition) is 1. The molecule has 0 radical (unpaired) electrons. The number of rotatable bonds is 12. The first-order chi connectivity index (χ1) is 15.7. The van der Waals surface area contributed by atoms with Crippen molar-refractivity contribution in [3.63, 3.8) is 0 Å². The Morgan fingerprint density at radius 3 is 2.69 bits per heavy atom. The lowest BCUT2D eigenvalue weighted by molar-refractivity contribution is 0.0392. The van der Waals surface area contributed by atoms with Crippen molar-refractivity contribution in [1.29, 1.82) is 0 Å². The largest absolute Gasteiger partial charge is 0.492 e. The van der Waals surface area contributed by atoms with Crippen LogP contribution in [0.15, 0.2) is 48.5 Å². The lowest BCUT2D eigenvalue weighted by Crippen LogP contribution is -2.38. The summed E-state index contributed by atoms with van der Waals surface area (Å²) in [7, 11) is 3.76. The number of carbonyl (C=O) groups excluding carboxylic acids is 1. The predicted octanol–water partition coefficient (Wildman–Crippen LogP) is 3.13. The van der Waals surface area contributed by atoms with Crippen molar-refractivity contribution in [2.45, 2.75) is 25.4 Å². The van der Waals surface area contributed by atoms with Gasteiger partial charge in [-0.3, -0.25) is 9.69 Å². The third kappa shape index (κ3) is 7.51. The molecule has 0 spiro atoms. The summed E-state index contributed by atoms with van der Waals surface area (Å²) < 4.78 is 22.1. The van der Waals surface area contributed by atoms with E-state index in [1.807, 2.05) is 36.4 Å². The van der Waals surface area contributed by atoms with Gasteiger partial charge in [0.05, 0.1) is 12.2 Å². The summed E-state index contributed by atoms with van der Waals surface area (Å²) in [5.74, 6) is 1.18. The second kappa shape index (κ2) is 13.1. The number of benzene rings is 2. The summed E-state index contributed by atoms with van der Waals surface area (Å²) >= 11 is 0. The maximum atomic E-state index is 12.7. The van der Waals surface area contributed by atoms with Gasteiger partial charge in [-0.15, -0.1) is 0 Å². The fourth-order valence-electron chi connectivity index (χ4n) is 3.65. The second-order valence-corrected chi connectivity index (χ2v) is 7.84. The first-order valence-electron chi connectivity index (χ1n) is 11.2. The van der Waals surface area contributed by atoms with Gasteiger partial charge in [0.1, 0.15) is 24.7 Å². The molecule has 3 rings (SSSR count). The number of likely N-dealkylation sites (N-methyl/N-ethyl adjacent to an activating group) is 1. The van der Waals surface area contributed by atoms with Gasteiger partial charge in [0.25, 0.3) is 5.91 Å². The number of nitrogens with one attached hydrogen (secondary N) is 1. The Morgan fingerprint density at radius 2 is 1.88 bits per heavy atom. The zero-order valence-electron chi connectivity index (χ0n) is 19.0. The third-order valence-electron chi connectivity index (χ3n) is 5.56. The lowest BCUT2D eigenvalue weighted by Gasteiger charge is -2.31. The number of carbonyl (C=O) groups is 1. The van der Waals surface area contributed by atoms with E-state index < -0.39 is 0 Å². The van der Waals surface area contributed by atoms with E-state index in [0.717, 1.165) is 43.9 Å². The van der Waals surface area contributed by atoms with Gasteiger partial charge >= 0.3 is 0 Å². The van der Waals surface area contributed by atoms with E-state index in [1.165, 1.54) is 0 Å². The average molecular weight is 443 g/mol. The molecule has 1 saturated heterocycles. The highest BCUT2D eigenvalue weighted by Gasteiger charge is 2.18. The standard InChI is InChI=1S/C25H34N2O5/c1-27(21-10-13-30-14-11-21)12-15-31-22-7-5-6-20(18-22)19-26-25(28)23-8-3-4-9-24(23)32-17-16-29-2/h3-9,18,21H,10-17,19H2,1-2H3,(H,26,28). The highest BCUT2D eigenvalue weighted by molar-refractivity contribution is 5.96. The van der Waals surface area contributed by atoms with Crippen LogP contribution in [0.1, 0.15) is 28.8 Å². The van der Waals surface area contributed by atoms with Gasteiger partial charge in [-0.25, -0.2) is 0 Å². The van der Waals surface area contributed by atoms with Crippen LogP contribution in [-0.4, -0.2) is 70.6 Å². The Balaban J connectivity index is 1.47. The predicted molar refractivity (Wildman–Crippen MR) is 123 cm³/mol. The molecule has 0 aromatic heterocycles. The van der Waals surface area contributed by atoms with Gasteiger partial charge in [-0.05, 0) is 49.7 Å². The summed E-state index contributed by atoms with van der Waals surface area (Å²) in [6, 6.07) is 15.6. The number of nitrogens with zero attached hydrogens (tertiary/aromatic N) is 1. The Bertz CT molecular complexity index is 839. The normalized spacial score (nSPS) is 14.3. The quantitative estimate of drug-likeness (QED) is 0.510. The third-order valence-corrected chi connectivity index (χ3v) is 5.56. The number of amides is 1. The van der Waals surface area contributed by atoms with Crippen LogP contribution in [0.5, 0.6) is 11.5 Å². The van der Waals surface area contributed by atoms with Gasteiger partial charge in [-0.1, -0.05) is 24.3 Å². The van der Waals surface area contributed by atoms with Gasteiger partial charge < -0.3 is 24.3 Å². The first kappa shape index (κ1) is 24.0. The zero-order valence-corrected chi connectivity index (χ0v) is 19.0. The molecule has 0 aliphatic carbocycles. The van der Waals surface area contributed by atoms with E-state index in [-0.39, 0.29) is 5.91 Å². The van der Waals surface area contributed by atoms with Crippen molar-refractivity contribution in [3.8, 4) is 11.5 Å². The van der Waals surface area contributed by atoms with Gasteiger partial charge in [0.15, 0.2) is 0 Å². The smallest absolute Gasteiger partial charge is 0.255 e. The van der Waals surface area contributed by atoms with Gasteiger partial charge in [-0.2, -0.15) is 0 Å². The van der Waals surface area contributed by atoms with E-state index in [2.05, 4.69) is 17.3 Å². The Morgan fingerprint density at radius 1 is 1.06 bits per heavy atom. The molecule has 1 N–H and O–H groups in total. The number of para-hydroxylation sites is 1. The maximum Gasteiger partial charge on any atom is 0.255 e. The molecule has 0 unspecified atom stereocenters. The Hall–Kier alpha value is -2.61. The Labute approximate surface area is 190 Å². The molecule has 2 aromatic rings. The minimum absolute atomic E-state index is 0.178. The topological polar surface area (TPSA) is 69.3 Å². The van der Waals surface area contributed by atoms with Crippen molar-refractivity contribution in [3.05, 3.63) is 59.7 Å². The number of hydrogen-bond acceptors (Lipinski definition) is 6. The summed E-state index contributed by atoms with van der Waals surface area (Å²) in [6.45, 7) is 4.43. The van der Waals surface area contributed by atoms with E-state index >= 15 is 0 Å². The molecule has 1 fully saturated rings. The fourth-order valence-corrected chi connectivity index (χ4v) is 3.65. The number of methoxy groups -OCH3 is 1.